The highest BCUT2D eigenvalue weighted by atomic mass is 16.6. The summed E-state index contributed by atoms with van der Waals surface area (Å²) in [5.74, 6) is -0.875. The smallest absolute Gasteiger partial charge is 0.270 e. The molecule has 1 aliphatic rings. The number of nitro groups is 1. The van der Waals surface area contributed by atoms with Gasteiger partial charge in [-0.1, -0.05) is 36.4 Å². The van der Waals surface area contributed by atoms with Crippen LogP contribution < -0.4 is 0 Å². The minimum absolute atomic E-state index is 0.113. The molecule has 1 aliphatic heterocycles. The predicted octanol–water partition coefficient (Wildman–Crippen LogP) is 3.54. The molecule has 0 saturated carbocycles. The zero-order chi connectivity index (χ0) is 17.6. The molecule has 1 heterocycles. The first-order chi connectivity index (χ1) is 12.1. The molecule has 0 unspecified atom stereocenters. The molecule has 6 nitrogen and oxygen atoms in total. The molecule has 0 N–H and O–H groups in total. The number of nitro benzene ring substituents is 1. The number of rotatable bonds is 3. The van der Waals surface area contributed by atoms with Crippen molar-refractivity contribution in [1.82, 2.24) is 4.90 Å². The Morgan fingerprint density at radius 2 is 1.52 bits per heavy atom. The lowest BCUT2D eigenvalue weighted by Gasteiger charge is -2.27. The maximum Gasteiger partial charge on any atom is 0.277 e. The summed E-state index contributed by atoms with van der Waals surface area (Å²) in [6, 6.07) is 16.7. The fraction of sp³-hybridized carbons (Fsp3) is 0.0526. The van der Waals surface area contributed by atoms with E-state index in [2.05, 4.69) is 0 Å². The number of non-ortho nitro benzene ring substituents is 1. The molecule has 3 aromatic rings. The van der Waals surface area contributed by atoms with Crippen LogP contribution in [-0.4, -0.2) is 21.6 Å². The van der Waals surface area contributed by atoms with E-state index < -0.39 is 16.7 Å². The summed E-state index contributed by atoms with van der Waals surface area (Å²) in [5.41, 5.74) is 1.35. The van der Waals surface area contributed by atoms with Crippen LogP contribution in [0.15, 0.2) is 60.7 Å². The predicted molar refractivity (Wildman–Crippen MR) is 91.2 cm³/mol. The van der Waals surface area contributed by atoms with E-state index in [0.717, 1.165) is 5.56 Å². The molecule has 25 heavy (non-hydrogen) atoms. The van der Waals surface area contributed by atoms with Crippen LogP contribution in [0.25, 0.3) is 10.8 Å². The number of amides is 2. The molecule has 0 saturated heterocycles. The molecule has 0 atom stereocenters. The molecule has 0 radical (unpaired) electrons. The lowest BCUT2D eigenvalue weighted by Crippen LogP contribution is -2.39. The monoisotopic (exact) mass is 332 g/mol. The van der Waals surface area contributed by atoms with E-state index in [0.29, 0.717) is 21.9 Å². The highest BCUT2D eigenvalue weighted by Gasteiger charge is 2.34. The van der Waals surface area contributed by atoms with Gasteiger partial charge in [-0.25, -0.2) is 0 Å². The van der Waals surface area contributed by atoms with Crippen LogP contribution in [0, 0.1) is 10.1 Å². The van der Waals surface area contributed by atoms with Crippen molar-refractivity contribution in [3.05, 3.63) is 87.5 Å². The van der Waals surface area contributed by atoms with Crippen LogP contribution in [0.5, 0.6) is 0 Å². The Balaban J connectivity index is 1.89. The number of hydrogen-bond acceptors (Lipinski definition) is 4. The summed E-state index contributed by atoms with van der Waals surface area (Å²) in [4.78, 5) is 37.6. The second kappa shape index (κ2) is 5.52. The van der Waals surface area contributed by atoms with Crippen molar-refractivity contribution < 1.29 is 14.5 Å². The molecule has 0 aromatic heterocycles. The molecular formula is C19H12N2O4. The SMILES string of the molecule is O=C1c2cccc3c([N+](=O)[O-])ccc(c23)C(=O)N1Cc1ccccc1. The van der Waals surface area contributed by atoms with Gasteiger partial charge in [-0.3, -0.25) is 24.6 Å². The fourth-order valence-corrected chi connectivity index (χ4v) is 3.20. The van der Waals surface area contributed by atoms with Gasteiger partial charge in [0, 0.05) is 22.6 Å². The standard InChI is InChI=1S/C19H12N2O4/c22-18-14-8-4-7-13-16(21(24)25)10-9-15(17(13)14)19(23)20(18)11-12-5-2-1-3-6-12/h1-10H,11H2. The van der Waals surface area contributed by atoms with Gasteiger partial charge in [0.25, 0.3) is 17.5 Å². The molecule has 0 bridgehead atoms. The molecular weight excluding hydrogens is 320 g/mol. The minimum atomic E-state index is -0.506. The van der Waals surface area contributed by atoms with E-state index in [1.165, 1.54) is 17.0 Å². The van der Waals surface area contributed by atoms with Gasteiger partial charge < -0.3 is 0 Å². The normalized spacial score (nSPS) is 13.4. The molecule has 0 aliphatic carbocycles. The van der Waals surface area contributed by atoms with E-state index >= 15 is 0 Å². The Labute approximate surface area is 142 Å². The first-order valence-corrected chi connectivity index (χ1v) is 7.68. The minimum Gasteiger partial charge on any atom is -0.270 e. The first kappa shape index (κ1) is 15.0. The zero-order valence-corrected chi connectivity index (χ0v) is 13.0. The van der Waals surface area contributed by atoms with Crippen molar-refractivity contribution in [3.8, 4) is 0 Å². The molecule has 4 rings (SSSR count). The van der Waals surface area contributed by atoms with Gasteiger partial charge in [0.05, 0.1) is 16.9 Å². The van der Waals surface area contributed by atoms with E-state index in [-0.39, 0.29) is 12.2 Å². The van der Waals surface area contributed by atoms with Crippen LogP contribution in [0.3, 0.4) is 0 Å². The average Bonchev–Trinajstić information content (AvgIpc) is 2.63. The fourth-order valence-electron chi connectivity index (χ4n) is 3.20. The van der Waals surface area contributed by atoms with Crippen molar-refractivity contribution in [3.63, 3.8) is 0 Å². The number of benzene rings is 3. The van der Waals surface area contributed by atoms with Crippen molar-refractivity contribution in [2.75, 3.05) is 0 Å². The molecule has 122 valence electrons. The third-order valence-corrected chi connectivity index (χ3v) is 4.35. The van der Waals surface area contributed by atoms with Crippen molar-refractivity contribution >= 4 is 28.3 Å². The summed E-state index contributed by atoms with van der Waals surface area (Å²) < 4.78 is 0. The van der Waals surface area contributed by atoms with Gasteiger partial charge >= 0.3 is 0 Å². The van der Waals surface area contributed by atoms with E-state index in [9.17, 15) is 19.7 Å². The van der Waals surface area contributed by atoms with Crippen molar-refractivity contribution in [1.29, 1.82) is 0 Å². The zero-order valence-electron chi connectivity index (χ0n) is 13.0. The maximum absolute atomic E-state index is 12.8. The highest BCUT2D eigenvalue weighted by molar-refractivity contribution is 6.26. The molecule has 0 spiro atoms. The third-order valence-electron chi connectivity index (χ3n) is 4.35. The second-order valence-electron chi connectivity index (χ2n) is 5.80. The number of hydrogen-bond donors (Lipinski definition) is 0. The number of imide groups is 1. The Hall–Kier alpha value is -3.54. The molecule has 3 aromatic carbocycles. The van der Waals surface area contributed by atoms with E-state index in [1.54, 1.807) is 18.2 Å². The number of nitrogens with zero attached hydrogens (tertiary/aromatic N) is 2. The molecule has 2 amide bonds. The lowest BCUT2D eigenvalue weighted by atomic mass is 9.93. The Morgan fingerprint density at radius 1 is 0.840 bits per heavy atom. The van der Waals surface area contributed by atoms with Crippen LogP contribution >= 0.6 is 0 Å². The summed E-state index contributed by atoms with van der Waals surface area (Å²) in [6.07, 6.45) is 0. The molecule has 0 fully saturated rings. The van der Waals surface area contributed by atoms with Crippen LogP contribution in [0.1, 0.15) is 26.3 Å². The van der Waals surface area contributed by atoms with Crippen LogP contribution in [0.2, 0.25) is 0 Å². The van der Waals surface area contributed by atoms with Gasteiger partial charge in [0.1, 0.15) is 0 Å². The summed E-state index contributed by atoms with van der Waals surface area (Å²) in [6.45, 7) is 0.158. The summed E-state index contributed by atoms with van der Waals surface area (Å²) in [5, 5.41) is 11.9. The quantitative estimate of drug-likeness (QED) is 0.417. The Kier molecular flexibility index (Phi) is 3.32. The molecule has 6 heteroatoms. The number of carbonyl (C=O) groups excluding carboxylic acids is 2. The Morgan fingerprint density at radius 3 is 2.20 bits per heavy atom. The largest absolute Gasteiger partial charge is 0.277 e. The maximum atomic E-state index is 12.8. The van der Waals surface area contributed by atoms with Gasteiger partial charge in [0.15, 0.2) is 0 Å². The second-order valence-corrected chi connectivity index (χ2v) is 5.80. The van der Waals surface area contributed by atoms with Gasteiger partial charge in [-0.15, -0.1) is 0 Å². The van der Waals surface area contributed by atoms with Gasteiger partial charge in [0.2, 0.25) is 0 Å². The van der Waals surface area contributed by atoms with Gasteiger partial charge in [-0.05, 0) is 23.8 Å². The van der Waals surface area contributed by atoms with Crippen LogP contribution in [0.4, 0.5) is 5.69 Å². The van der Waals surface area contributed by atoms with Gasteiger partial charge in [-0.2, -0.15) is 0 Å². The van der Waals surface area contributed by atoms with E-state index in [4.69, 9.17) is 0 Å². The third kappa shape index (κ3) is 2.27. The summed E-state index contributed by atoms with van der Waals surface area (Å²) in [7, 11) is 0. The first-order valence-electron chi connectivity index (χ1n) is 7.68. The van der Waals surface area contributed by atoms with Crippen molar-refractivity contribution in [2.45, 2.75) is 6.54 Å². The van der Waals surface area contributed by atoms with E-state index in [1.807, 2.05) is 30.3 Å². The average molecular weight is 332 g/mol. The van der Waals surface area contributed by atoms with Crippen LogP contribution in [-0.2, 0) is 6.54 Å². The lowest BCUT2D eigenvalue weighted by molar-refractivity contribution is -0.383. The highest BCUT2D eigenvalue weighted by Crippen LogP contribution is 2.35. The topological polar surface area (TPSA) is 80.5 Å². The summed E-state index contributed by atoms with van der Waals surface area (Å²) >= 11 is 0. The van der Waals surface area contributed by atoms with Crippen molar-refractivity contribution in [2.24, 2.45) is 0 Å². The Bertz CT molecular complexity index is 1020. The number of carbonyl (C=O) groups is 2.